The van der Waals surface area contributed by atoms with Crippen molar-refractivity contribution in [2.75, 3.05) is 72.9 Å². The molecule has 0 saturated carbocycles. The lowest BCUT2D eigenvalue weighted by molar-refractivity contribution is -0.132. The first-order chi connectivity index (χ1) is 17.1. The van der Waals surface area contributed by atoms with Gasteiger partial charge in [-0.1, -0.05) is 0 Å². The number of carbonyl (C=O) groups is 2. The molecule has 12 heteroatoms. The Hall–Kier alpha value is -2.83. The van der Waals surface area contributed by atoms with Gasteiger partial charge in [0.15, 0.2) is 11.5 Å². The Morgan fingerprint density at radius 3 is 1.89 bits per heavy atom. The predicted molar refractivity (Wildman–Crippen MR) is 136 cm³/mol. The molecule has 36 heavy (non-hydrogen) atoms. The standard InChI is InChI=1S/C22H31N3O5.C2H6O3S/c1-28-18-14-17(15-19(29-2)22(18)30-3)6-7-20(26)25-12-10-23(11-13-25)16-21(27)24-8-4-5-9-24;1-2-6(3,4)5/h6-7,14-15H,4-5,8-13,16H2,1-3H3;2H2,1H3,(H,3,4,5)/b7-6+;. The highest BCUT2D eigenvalue weighted by atomic mass is 32.2. The molecule has 2 aliphatic heterocycles. The van der Waals surface area contributed by atoms with Gasteiger partial charge in [-0.25, -0.2) is 0 Å². The summed E-state index contributed by atoms with van der Waals surface area (Å²) < 4.78 is 42.9. The van der Waals surface area contributed by atoms with Crippen LogP contribution < -0.4 is 14.2 Å². The van der Waals surface area contributed by atoms with Crippen molar-refractivity contribution in [2.24, 2.45) is 0 Å². The summed E-state index contributed by atoms with van der Waals surface area (Å²) in [5.74, 6) is 1.56. The first-order valence-corrected chi connectivity index (χ1v) is 13.4. The van der Waals surface area contributed by atoms with Crippen molar-refractivity contribution in [2.45, 2.75) is 19.8 Å². The molecule has 2 saturated heterocycles. The van der Waals surface area contributed by atoms with Gasteiger partial charge >= 0.3 is 0 Å². The second-order valence-electron chi connectivity index (χ2n) is 8.35. The number of hydrogen-bond acceptors (Lipinski definition) is 8. The fraction of sp³-hybridized carbons (Fsp3) is 0.583. The molecule has 2 aliphatic rings. The topological polar surface area (TPSA) is 126 Å². The van der Waals surface area contributed by atoms with Gasteiger partial charge in [-0.15, -0.1) is 0 Å². The summed E-state index contributed by atoms with van der Waals surface area (Å²) in [6.45, 7) is 6.23. The van der Waals surface area contributed by atoms with Crippen molar-refractivity contribution in [1.82, 2.24) is 14.7 Å². The van der Waals surface area contributed by atoms with Crippen LogP contribution in [0.2, 0.25) is 0 Å². The molecular weight excluding hydrogens is 490 g/mol. The lowest BCUT2D eigenvalue weighted by atomic mass is 10.1. The summed E-state index contributed by atoms with van der Waals surface area (Å²) in [6, 6.07) is 3.60. The molecule has 0 bridgehead atoms. The number of nitrogens with zero attached hydrogens (tertiary/aromatic N) is 3. The van der Waals surface area contributed by atoms with Crippen LogP contribution in [0.5, 0.6) is 17.2 Å². The number of piperazine rings is 1. The molecule has 11 nitrogen and oxygen atoms in total. The zero-order valence-corrected chi connectivity index (χ0v) is 22.3. The van der Waals surface area contributed by atoms with E-state index in [2.05, 4.69) is 4.90 Å². The maximum absolute atomic E-state index is 12.6. The van der Waals surface area contributed by atoms with E-state index < -0.39 is 10.1 Å². The lowest BCUT2D eigenvalue weighted by Crippen LogP contribution is -2.51. The van der Waals surface area contributed by atoms with Crippen LogP contribution in [-0.2, 0) is 19.7 Å². The Kier molecular flexibility index (Phi) is 11.5. The van der Waals surface area contributed by atoms with Crippen LogP contribution in [0.4, 0.5) is 0 Å². The van der Waals surface area contributed by atoms with Crippen LogP contribution in [-0.4, -0.2) is 112 Å². The van der Waals surface area contributed by atoms with Crippen LogP contribution in [0.3, 0.4) is 0 Å². The summed E-state index contributed by atoms with van der Waals surface area (Å²) in [5.41, 5.74) is 0.785. The Balaban J connectivity index is 0.000000678. The van der Waals surface area contributed by atoms with Crippen molar-refractivity contribution in [3.8, 4) is 17.2 Å². The summed E-state index contributed by atoms with van der Waals surface area (Å²) in [7, 11) is 1.01. The third kappa shape index (κ3) is 8.99. The van der Waals surface area contributed by atoms with E-state index in [1.165, 1.54) is 6.92 Å². The number of likely N-dealkylation sites (tertiary alicyclic amines) is 1. The molecule has 3 rings (SSSR count). The number of benzene rings is 1. The minimum atomic E-state index is -3.66. The molecule has 0 aromatic heterocycles. The van der Waals surface area contributed by atoms with Gasteiger partial charge in [0.2, 0.25) is 17.6 Å². The van der Waals surface area contributed by atoms with E-state index in [0.29, 0.717) is 50.0 Å². The molecular formula is C24H37N3O8S. The molecule has 1 N–H and O–H groups in total. The number of rotatable bonds is 8. The van der Waals surface area contributed by atoms with Crippen LogP contribution in [0.25, 0.3) is 6.08 Å². The van der Waals surface area contributed by atoms with Crippen LogP contribution >= 0.6 is 0 Å². The zero-order chi connectivity index (χ0) is 26.7. The van der Waals surface area contributed by atoms with Crippen molar-refractivity contribution < 1.29 is 36.8 Å². The molecule has 202 valence electrons. The van der Waals surface area contributed by atoms with E-state index >= 15 is 0 Å². The SMILES string of the molecule is CCS(=O)(=O)O.COc1cc(/C=C/C(=O)N2CCN(CC(=O)N3CCCC3)CC2)cc(OC)c1OC. The van der Waals surface area contributed by atoms with E-state index in [-0.39, 0.29) is 17.6 Å². The van der Waals surface area contributed by atoms with Gasteiger partial charge in [-0.2, -0.15) is 8.42 Å². The summed E-state index contributed by atoms with van der Waals surface area (Å²) >= 11 is 0. The Morgan fingerprint density at radius 2 is 1.44 bits per heavy atom. The minimum absolute atomic E-state index is 0.0470. The van der Waals surface area contributed by atoms with E-state index in [9.17, 15) is 18.0 Å². The van der Waals surface area contributed by atoms with Crippen molar-refractivity contribution in [1.29, 1.82) is 0 Å². The summed E-state index contributed by atoms with van der Waals surface area (Å²) in [4.78, 5) is 30.8. The summed E-state index contributed by atoms with van der Waals surface area (Å²) in [6.07, 6.45) is 5.51. The highest BCUT2D eigenvalue weighted by Crippen LogP contribution is 2.38. The third-order valence-electron chi connectivity index (χ3n) is 5.97. The maximum Gasteiger partial charge on any atom is 0.264 e. The molecule has 0 spiro atoms. The van der Waals surface area contributed by atoms with Gasteiger partial charge in [-0.3, -0.25) is 19.0 Å². The zero-order valence-electron chi connectivity index (χ0n) is 21.4. The quantitative estimate of drug-likeness (QED) is 0.394. The van der Waals surface area contributed by atoms with Gasteiger partial charge in [0.1, 0.15) is 0 Å². The monoisotopic (exact) mass is 527 g/mol. The first-order valence-electron chi connectivity index (χ1n) is 11.8. The Bertz CT molecular complexity index is 989. The maximum atomic E-state index is 12.6. The molecule has 2 fully saturated rings. The second kappa shape index (κ2) is 14.0. The Morgan fingerprint density at radius 1 is 0.917 bits per heavy atom. The number of methoxy groups -OCH3 is 3. The normalized spacial score (nSPS) is 16.5. The molecule has 0 atom stereocenters. The van der Waals surface area contributed by atoms with E-state index in [1.807, 2.05) is 9.80 Å². The minimum Gasteiger partial charge on any atom is -0.493 e. The van der Waals surface area contributed by atoms with Crippen LogP contribution in [0.1, 0.15) is 25.3 Å². The molecule has 2 heterocycles. The lowest BCUT2D eigenvalue weighted by Gasteiger charge is -2.34. The highest BCUT2D eigenvalue weighted by molar-refractivity contribution is 7.85. The molecule has 0 radical (unpaired) electrons. The van der Waals surface area contributed by atoms with Crippen molar-refractivity contribution in [3.63, 3.8) is 0 Å². The van der Waals surface area contributed by atoms with Gasteiger partial charge in [0, 0.05) is 45.3 Å². The molecule has 1 aromatic carbocycles. The van der Waals surface area contributed by atoms with E-state index in [1.54, 1.807) is 45.6 Å². The van der Waals surface area contributed by atoms with Gasteiger partial charge in [0.05, 0.1) is 33.6 Å². The number of amides is 2. The second-order valence-corrected chi connectivity index (χ2v) is 10.1. The van der Waals surface area contributed by atoms with Gasteiger partial charge in [-0.05, 0) is 43.5 Å². The largest absolute Gasteiger partial charge is 0.493 e. The number of ether oxygens (including phenoxy) is 3. The van der Waals surface area contributed by atoms with Crippen molar-refractivity contribution >= 4 is 28.0 Å². The average Bonchev–Trinajstić information content (AvgIpc) is 3.42. The molecule has 1 aromatic rings. The first kappa shape index (κ1) is 29.4. The van der Waals surface area contributed by atoms with E-state index in [4.69, 9.17) is 18.8 Å². The van der Waals surface area contributed by atoms with Crippen molar-refractivity contribution in [3.05, 3.63) is 23.8 Å². The van der Waals surface area contributed by atoms with E-state index in [0.717, 1.165) is 31.5 Å². The van der Waals surface area contributed by atoms with Gasteiger partial charge < -0.3 is 24.0 Å². The van der Waals surface area contributed by atoms with Gasteiger partial charge in [0.25, 0.3) is 10.1 Å². The third-order valence-corrected chi connectivity index (χ3v) is 6.70. The number of hydrogen-bond donors (Lipinski definition) is 1. The van der Waals surface area contributed by atoms with Crippen LogP contribution in [0.15, 0.2) is 18.2 Å². The molecule has 0 aliphatic carbocycles. The fourth-order valence-electron chi connectivity index (χ4n) is 3.85. The molecule has 0 unspecified atom stereocenters. The molecule has 2 amide bonds. The highest BCUT2D eigenvalue weighted by Gasteiger charge is 2.24. The van der Waals surface area contributed by atoms with Crippen LogP contribution in [0, 0.1) is 0 Å². The fourth-order valence-corrected chi connectivity index (χ4v) is 3.85. The Labute approximate surface area is 213 Å². The number of carbonyl (C=O) groups excluding carboxylic acids is 2. The predicted octanol–water partition coefficient (Wildman–Crippen LogP) is 1.39. The smallest absolute Gasteiger partial charge is 0.264 e. The summed E-state index contributed by atoms with van der Waals surface area (Å²) in [5, 5.41) is 0. The average molecular weight is 528 g/mol.